The Labute approximate surface area is 169 Å². The number of carbonyl (C=O) groups excluding carboxylic acids is 2. The van der Waals surface area contributed by atoms with Gasteiger partial charge < -0.3 is 10.2 Å². The fraction of sp³-hybridized carbons (Fsp3) is 0.300. The maximum Gasteiger partial charge on any atom is 0.261 e. The molecule has 9 heteroatoms. The Morgan fingerprint density at radius 2 is 1.66 bits per heavy atom. The van der Waals surface area contributed by atoms with Gasteiger partial charge in [-0.3, -0.25) is 14.3 Å². The molecule has 154 valence electrons. The molecule has 0 aromatic heterocycles. The van der Waals surface area contributed by atoms with E-state index in [1.165, 1.54) is 49.4 Å². The number of hydrogen-bond acceptors (Lipinski definition) is 4. The zero-order valence-electron chi connectivity index (χ0n) is 15.9. The smallest absolute Gasteiger partial charge is 0.261 e. The van der Waals surface area contributed by atoms with E-state index < -0.39 is 15.8 Å². The zero-order valence-corrected chi connectivity index (χ0v) is 16.7. The first kappa shape index (κ1) is 20.8. The van der Waals surface area contributed by atoms with Crippen LogP contribution in [0.2, 0.25) is 0 Å². The quantitative estimate of drug-likeness (QED) is 0.778. The van der Waals surface area contributed by atoms with Gasteiger partial charge in [-0.2, -0.15) is 0 Å². The molecular weight excluding hydrogens is 397 g/mol. The molecular formula is C20H22FN3O4S. The molecule has 2 amide bonds. The van der Waals surface area contributed by atoms with Gasteiger partial charge in [0, 0.05) is 31.6 Å². The number of rotatable bonds is 5. The molecule has 3 rings (SSSR count). The van der Waals surface area contributed by atoms with Gasteiger partial charge in [0.15, 0.2) is 0 Å². The van der Waals surface area contributed by atoms with Crippen LogP contribution in [0.4, 0.5) is 10.1 Å². The highest BCUT2D eigenvalue weighted by Crippen LogP contribution is 2.19. The number of nitrogens with one attached hydrogen (secondary N) is 2. The van der Waals surface area contributed by atoms with Crippen LogP contribution in [-0.4, -0.2) is 44.3 Å². The number of anilines is 1. The summed E-state index contributed by atoms with van der Waals surface area (Å²) in [6.07, 6.45) is 1.34. The molecule has 0 unspecified atom stereocenters. The number of hydrogen-bond donors (Lipinski definition) is 2. The van der Waals surface area contributed by atoms with Crippen molar-refractivity contribution in [3.8, 4) is 0 Å². The van der Waals surface area contributed by atoms with Crippen LogP contribution in [0.25, 0.3) is 0 Å². The van der Waals surface area contributed by atoms with E-state index in [1.807, 2.05) is 0 Å². The van der Waals surface area contributed by atoms with Gasteiger partial charge in [-0.15, -0.1) is 0 Å². The van der Waals surface area contributed by atoms with Crippen molar-refractivity contribution < 1.29 is 22.4 Å². The van der Waals surface area contributed by atoms with Crippen LogP contribution in [0.5, 0.6) is 0 Å². The molecule has 0 saturated carbocycles. The fourth-order valence-electron chi connectivity index (χ4n) is 3.14. The van der Waals surface area contributed by atoms with Crippen molar-refractivity contribution in [1.29, 1.82) is 0 Å². The van der Waals surface area contributed by atoms with Crippen LogP contribution in [0.1, 0.15) is 30.1 Å². The second-order valence-corrected chi connectivity index (χ2v) is 8.55. The van der Waals surface area contributed by atoms with Gasteiger partial charge in [-0.1, -0.05) is 12.1 Å². The van der Waals surface area contributed by atoms with Crippen molar-refractivity contribution in [1.82, 2.24) is 10.2 Å². The molecule has 1 saturated heterocycles. The van der Waals surface area contributed by atoms with E-state index >= 15 is 0 Å². The lowest BCUT2D eigenvalue weighted by Crippen LogP contribution is -2.46. The average molecular weight is 419 g/mol. The van der Waals surface area contributed by atoms with Gasteiger partial charge in [-0.05, 0) is 49.2 Å². The van der Waals surface area contributed by atoms with E-state index in [0.29, 0.717) is 31.5 Å². The Balaban J connectivity index is 1.63. The minimum Gasteiger partial charge on any atom is -0.349 e. The monoisotopic (exact) mass is 419 g/mol. The summed E-state index contributed by atoms with van der Waals surface area (Å²) in [6.45, 7) is 2.72. The molecule has 0 aliphatic carbocycles. The van der Waals surface area contributed by atoms with E-state index in [9.17, 15) is 22.4 Å². The average Bonchev–Trinajstić information content (AvgIpc) is 2.70. The Morgan fingerprint density at radius 3 is 2.24 bits per heavy atom. The Morgan fingerprint density at radius 1 is 1.03 bits per heavy atom. The van der Waals surface area contributed by atoms with Crippen molar-refractivity contribution in [2.75, 3.05) is 17.8 Å². The van der Waals surface area contributed by atoms with Crippen LogP contribution < -0.4 is 10.0 Å². The molecule has 0 spiro atoms. The highest BCUT2D eigenvalue weighted by molar-refractivity contribution is 7.92. The Bertz CT molecular complexity index is 1000. The highest BCUT2D eigenvalue weighted by atomic mass is 32.2. The summed E-state index contributed by atoms with van der Waals surface area (Å²) in [5, 5.41) is 2.91. The number of nitrogens with zero attached hydrogens (tertiary/aromatic N) is 1. The molecule has 0 atom stereocenters. The van der Waals surface area contributed by atoms with E-state index in [4.69, 9.17) is 0 Å². The molecule has 2 aromatic carbocycles. The predicted octanol–water partition coefficient (Wildman–Crippen LogP) is 2.37. The predicted molar refractivity (Wildman–Crippen MR) is 106 cm³/mol. The summed E-state index contributed by atoms with van der Waals surface area (Å²) in [5.74, 6) is -0.962. The number of para-hydroxylation sites is 1. The lowest BCUT2D eigenvalue weighted by atomic mass is 10.0. The van der Waals surface area contributed by atoms with Gasteiger partial charge in [0.25, 0.3) is 15.9 Å². The molecule has 2 aromatic rings. The third-order valence-corrected chi connectivity index (χ3v) is 6.20. The SMILES string of the molecule is CC(=O)N1CCC(NC(=O)c2ccc(S(=O)(=O)Nc3ccccc3F)cc2)CC1. The minimum absolute atomic E-state index is 0.0237. The van der Waals surface area contributed by atoms with Crippen molar-refractivity contribution in [3.05, 3.63) is 59.9 Å². The number of likely N-dealkylation sites (tertiary alicyclic amines) is 1. The molecule has 2 N–H and O–H groups in total. The summed E-state index contributed by atoms with van der Waals surface area (Å²) in [5.41, 5.74) is 0.176. The number of halogens is 1. The van der Waals surface area contributed by atoms with Crippen molar-refractivity contribution >= 4 is 27.5 Å². The topological polar surface area (TPSA) is 95.6 Å². The zero-order chi connectivity index (χ0) is 21.0. The molecule has 1 aliphatic rings. The molecule has 1 fully saturated rings. The summed E-state index contributed by atoms with van der Waals surface area (Å²) in [7, 11) is -3.98. The molecule has 0 radical (unpaired) electrons. The van der Waals surface area contributed by atoms with Crippen LogP contribution in [-0.2, 0) is 14.8 Å². The number of piperidine rings is 1. The van der Waals surface area contributed by atoms with Gasteiger partial charge in [-0.25, -0.2) is 12.8 Å². The second kappa shape index (κ2) is 8.60. The molecule has 0 bridgehead atoms. The molecule has 29 heavy (non-hydrogen) atoms. The lowest BCUT2D eigenvalue weighted by molar-refractivity contribution is -0.129. The van der Waals surface area contributed by atoms with E-state index in [2.05, 4.69) is 10.0 Å². The number of benzene rings is 2. The van der Waals surface area contributed by atoms with Gasteiger partial charge >= 0.3 is 0 Å². The van der Waals surface area contributed by atoms with Crippen LogP contribution in [0.3, 0.4) is 0 Å². The number of amides is 2. The summed E-state index contributed by atoms with van der Waals surface area (Å²) in [6, 6.07) is 10.9. The van der Waals surface area contributed by atoms with E-state index in [1.54, 1.807) is 4.90 Å². The van der Waals surface area contributed by atoms with Crippen molar-refractivity contribution in [2.45, 2.75) is 30.7 Å². The normalized spacial score (nSPS) is 15.0. The maximum atomic E-state index is 13.7. The maximum absolute atomic E-state index is 13.7. The first-order chi connectivity index (χ1) is 13.8. The van der Waals surface area contributed by atoms with Gasteiger partial charge in [0.1, 0.15) is 5.82 Å². The Kier molecular flexibility index (Phi) is 6.17. The summed E-state index contributed by atoms with van der Waals surface area (Å²) >= 11 is 0. The van der Waals surface area contributed by atoms with Crippen LogP contribution in [0, 0.1) is 5.82 Å². The van der Waals surface area contributed by atoms with E-state index in [0.717, 1.165) is 6.07 Å². The van der Waals surface area contributed by atoms with Crippen LogP contribution >= 0.6 is 0 Å². The summed E-state index contributed by atoms with van der Waals surface area (Å²) < 4.78 is 40.7. The Hall–Kier alpha value is -2.94. The largest absolute Gasteiger partial charge is 0.349 e. The number of sulfonamides is 1. The van der Waals surface area contributed by atoms with Gasteiger partial charge in [0.2, 0.25) is 5.91 Å². The first-order valence-electron chi connectivity index (χ1n) is 9.20. The van der Waals surface area contributed by atoms with Crippen molar-refractivity contribution in [3.63, 3.8) is 0 Å². The minimum atomic E-state index is -3.98. The van der Waals surface area contributed by atoms with Crippen LogP contribution in [0.15, 0.2) is 53.4 Å². The van der Waals surface area contributed by atoms with Crippen molar-refractivity contribution in [2.24, 2.45) is 0 Å². The molecule has 1 heterocycles. The highest BCUT2D eigenvalue weighted by Gasteiger charge is 2.23. The molecule has 1 aliphatic heterocycles. The third-order valence-electron chi connectivity index (χ3n) is 4.82. The lowest BCUT2D eigenvalue weighted by Gasteiger charge is -2.31. The summed E-state index contributed by atoms with van der Waals surface area (Å²) in [4.78, 5) is 25.4. The van der Waals surface area contributed by atoms with E-state index in [-0.39, 0.29) is 28.4 Å². The van der Waals surface area contributed by atoms with Gasteiger partial charge in [0.05, 0.1) is 10.6 Å². The fourth-order valence-corrected chi connectivity index (χ4v) is 4.21. The second-order valence-electron chi connectivity index (χ2n) is 6.86. The number of carbonyl (C=O) groups is 2. The third kappa shape index (κ3) is 5.11. The first-order valence-corrected chi connectivity index (χ1v) is 10.7. The standard InChI is InChI=1S/C20H22FN3O4S/c1-14(25)24-12-10-16(11-13-24)22-20(26)15-6-8-17(9-7-15)29(27,28)23-19-5-3-2-4-18(19)21/h2-9,16,23H,10-13H2,1H3,(H,22,26). The molecule has 7 nitrogen and oxygen atoms in total.